The maximum Gasteiger partial charge on any atom is 0.409 e. The topological polar surface area (TPSA) is 94.3 Å². The summed E-state index contributed by atoms with van der Waals surface area (Å²) in [4.78, 5) is 36.3. The summed E-state index contributed by atoms with van der Waals surface area (Å²) in [5.74, 6) is 0.403. The summed E-state index contributed by atoms with van der Waals surface area (Å²) in [6.45, 7) is 10.5. The lowest BCUT2D eigenvalue weighted by atomic mass is 9.87. The van der Waals surface area contributed by atoms with Crippen LogP contribution in [0.5, 0.6) is 0 Å². The Hall–Kier alpha value is -4.14. The molecule has 9 nitrogen and oxygen atoms in total. The first kappa shape index (κ1) is 27.4. The van der Waals surface area contributed by atoms with Gasteiger partial charge in [-0.25, -0.2) is 19.1 Å². The molecule has 1 amide bonds. The highest BCUT2D eigenvalue weighted by atomic mass is 16.6. The van der Waals surface area contributed by atoms with Gasteiger partial charge < -0.3 is 15.0 Å². The van der Waals surface area contributed by atoms with E-state index in [1.807, 2.05) is 36.7 Å². The van der Waals surface area contributed by atoms with Crippen LogP contribution in [0.1, 0.15) is 63.8 Å². The number of nitrogens with one attached hydrogen (secondary N) is 1. The van der Waals surface area contributed by atoms with Crippen LogP contribution >= 0.6 is 0 Å². The molecule has 1 unspecified atom stereocenters. The third-order valence-corrected chi connectivity index (χ3v) is 7.35. The molecule has 0 saturated carbocycles. The average molecular weight is 543 g/mol. The van der Waals surface area contributed by atoms with Crippen molar-refractivity contribution in [3.63, 3.8) is 0 Å². The Labute approximate surface area is 234 Å². The third-order valence-electron chi connectivity index (χ3n) is 7.35. The molecular weight excluding hydrogens is 504 g/mol. The molecule has 0 saturated heterocycles. The minimum Gasteiger partial charge on any atom is -0.446 e. The number of rotatable bonds is 5. The van der Waals surface area contributed by atoms with Crippen molar-refractivity contribution in [1.29, 1.82) is 0 Å². The number of amides is 1. The highest BCUT2D eigenvalue weighted by molar-refractivity contribution is 5.77. The Bertz CT molecular complexity index is 1630. The summed E-state index contributed by atoms with van der Waals surface area (Å²) in [6.07, 6.45) is 3.44. The van der Waals surface area contributed by atoms with Gasteiger partial charge in [0.2, 0.25) is 5.95 Å². The Morgan fingerprint density at radius 1 is 1.12 bits per heavy atom. The number of aromatic nitrogens is 4. The fraction of sp³-hybridized carbons (Fsp3) is 0.419. The van der Waals surface area contributed by atoms with Crippen molar-refractivity contribution in [2.24, 2.45) is 0 Å². The maximum atomic E-state index is 13.4. The molecule has 4 aromatic rings. The normalized spacial score (nSPS) is 15.2. The van der Waals surface area contributed by atoms with Gasteiger partial charge in [-0.1, -0.05) is 39.0 Å². The van der Waals surface area contributed by atoms with Crippen LogP contribution < -0.4 is 10.9 Å². The minimum atomic E-state index is -0.322. The molecule has 2 aromatic heterocycles. The molecule has 1 atom stereocenters. The van der Waals surface area contributed by atoms with Crippen LogP contribution in [0.2, 0.25) is 0 Å². The van der Waals surface area contributed by atoms with Crippen molar-refractivity contribution in [1.82, 2.24) is 24.2 Å². The summed E-state index contributed by atoms with van der Waals surface area (Å²) < 4.78 is 9.28. The van der Waals surface area contributed by atoms with Crippen molar-refractivity contribution in [3.05, 3.63) is 75.7 Å². The lowest BCUT2D eigenvalue weighted by Gasteiger charge is -2.26. The molecule has 0 bridgehead atoms. The number of ether oxygens (including phenoxy) is 1. The molecule has 2 aromatic carbocycles. The number of hydrogen-bond donors (Lipinski definition) is 1. The quantitative estimate of drug-likeness (QED) is 0.345. The summed E-state index contributed by atoms with van der Waals surface area (Å²) in [5.41, 5.74) is 5.66. The van der Waals surface area contributed by atoms with E-state index in [4.69, 9.17) is 9.72 Å². The molecule has 0 fully saturated rings. The zero-order valence-electron chi connectivity index (χ0n) is 24.4. The van der Waals surface area contributed by atoms with Crippen molar-refractivity contribution in [3.8, 4) is 5.69 Å². The first-order valence-corrected chi connectivity index (χ1v) is 13.8. The molecule has 0 radical (unpaired) electrons. The number of fused-ring (bicyclic) bond motifs is 2. The largest absolute Gasteiger partial charge is 0.446 e. The van der Waals surface area contributed by atoms with Crippen LogP contribution in [0.4, 0.5) is 16.4 Å². The van der Waals surface area contributed by atoms with Crippen molar-refractivity contribution in [2.75, 3.05) is 19.4 Å². The van der Waals surface area contributed by atoms with Crippen molar-refractivity contribution < 1.29 is 9.53 Å². The zero-order chi connectivity index (χ0) is 28.8. The van der Waals surface area contributed by atoms with E-state index in [1.54, 1.807) is 25.0 Å². The van der Waals surface area contributed by atoms with E-state index in [1.165, 1.54) is 16.0 Å². The maximum absolute atomic E-state index is 13.4. The molecule has 40 heavy (non-hydrogen) atoms. The van der Waals surface area contributed by atoms with E-state index in [9.17, 15) is 9.59 Å². The first-order valence-electron chi connectivity index (χ1n) is 13.8. The smallest absolute Gasteiger partial charge is 0.409 e. The molecule has 1 aliphatic rings. The predicted octanol–water partition coefficient (Wildman–Crippen LogP) is 5.76. The summed E-state index contributed by atoms with van der Waals surface area (Å²) in [6, 6.07) is 14.4. The van der Waals surface area contributed by atoms with E-state index in [0.717, 1.165) is 29.8 Å². The highest BCUT2D eigenvalue weighted by Crippen LogP contribution is 2.29. The monoisotopic (exact) mass is 542 g/mol. The van der Waals surface area contributed by atoms with E-state index >= 15 is 0 Å². The lowest BCUT2D eigenvalue weighted by Crippen LogP contribution is -2.31. The Morgan fingerprint density at radius 3 is 2.60 bits per heavy atom. The van der Waals surface area contributed by atoms with E-state index in [-0.39, 0.29) is 29.2 Å². The van der Waals surface area contributed by atoms with Crippen LogP contribution in [0.15, 0.2) is 53.5 Å². The standard InChI is InChI=1S/C31H38N6O3/c1-19(2)36-28(38)26-18-32-29(34-27(26)37(36)24-10-8-9-22(17-24)31(3,4)5)33-23-13-11-20-12-14-25(16-21(20)15-23)40-30(39)35(6)7/h8-11,13,15,17-19,25H,12,14,16H2,1-7H3,(H,32,33,34). The minimum absolute atomic E-state index is 0.0418. The summed E-state index contributed by atoms with van der Waals surface area (Å²) >= 11 is 0. The molecule has 210 valence electrons. The molecule has 0 spiro atoms. The molecule has 5 rings (SSSR count). The fourth-order valence-electron chi connectivity index (χ4n) is 5.16. The van der Waals surface area contributed by atoms with E-state index in [2.05, 4.69) is 55.3 Å². The van der Waals surface area contributed by atoms with Crippen LogP contribution in [-0.4, -0.2) is 50.5 Å². The van der Waals surface area contributed by atoms with Crippen molar-refractivity contribution in [2.45, 2.75) is 71.4 Å². The number of carbonyl (C=O) groups excluding carboxylic acids is 1. The fourth-order valence-corrected chi connectivity index (χ4v) is 5.16. The van der Waals surface area contributed by atoms with Crippen molar-refractivity contribution >= 4 is 28.8 Å². The van der Waals surface area contributed by atoms with Gasteiger partial charge in [-0.05, 0) is 73.1 Å². The highest BCUT2D eigenvalue weighted by Gasteiger charge is 2.24. The van der Waals surface area contributed by atoms with E-state index < -0.39 is 0 Å². The SMILES string of the molecule is CC(C)n1c(=O)c2cnc(Nc3ccc4c(c3)CC(OC(=O)N(C)C)CC4)nc2n1-c1cccc(C(C)(C)C)c1. The van der Waals surface area contributed by atoms with Crippen LogP contribution in [0, 0.1) is 0 Å². The molecule has 1 aliphatic carbocycles. The first-order chi connectivity index (χ1) is 18.9. The number of nitrogens with zero attached hydrogens (tertiary/aromatic N) is 5. The Balaban J connectivity index is 1.50. The zero-order valence-corrected chi connectivity index (χ0v) is 24.4. The Morgan fingerprint density at radius 2 is 1.90 bits per heavy atom. The number of anilines is 2. The van der Waals surface area contributed by atoms with Crippen LogP contribution in [0.3, 0.4) is 0 Å². The summed E-state index contributed by atoms with van der Waals surface area (Å²) in [5, 5.41) is 3.80. The predicted molar refractivity (Wildman–Crippen MR) is 158 cm³/mol. The van der Waals surface area contributed by atoms with Gasteiger partial charge in [-0.3, -0.25) is 4.79 Å². The van der Waals surface area contributed by atoms with Gasteiger partial charge in [0.25, 0.3) is 5.56 Å². The number of carbonyl (C=O) groups is 1. The van der Waals surface area contributed by atoms with Gasteiger partial charge in [0.1, 0.15) is 11.5 Å². The Kier molecular flexibility index (Phi) is 7.16. The van der Waals surface area contributed by atoms with Gasteiger partial charge in [-0.15, -0.1) is 0 Å². The van der Waals surface area contributed by atoms with Gasteiger partial charge in [0.05, 0.1) is 5.69 Å². The second-order valence-corrected chi connectivity index (χ2v) is 12.0. The van der Waals surface area contributed by atoms with Crippen LogP contribution in [0.25, 0.3) is 16.7 Å². The second kappa shape index (κ2) is 10.4. The van der Waals surface area contributed by atoms with Crippen LogP contribution in [-0.2, 0) is 23.0 Å². The number of benzene rings is 2. The average Bonchev–Trinajstić information content (AvgIpc) is 3.19. The molecule has 1 N–H and O–H groups in total. The van der Waals surface area contributed by atoms with E-state index in [0.29, 0.717) is 23.4 Å². The second-order valence-electron chi connectivity index (χ2n) is 12.0. The van der Waals surface area contributed by atoms with Gasteiger partial charge in [0.15, 0.2) is 5.65 Å². The summed E-state index contributed by atoms with van der Waals surface area (Å²) in [7, 11) is 3.38. The lowest BCUT2D eigenvalue weighted by molar-refractivity contribution is 0.0679. The molecule has 0 aliphatic heterocycles. The number of aryl methyl sites for hydroxylation is 1. The van der Waals surface area contributed by atoms with Gasteiger partial charge >= 0.3 is 6.09 Å². The van der Waals surface area contributed by atoms with Gasteiger partial charge in [0, 0.05) is 38.4 Å². The molecular formula is C31H38N6O3. The van der Waals surface area contributed by atoms with Gasteiger partial charge in [-0.2, -0.15) is 4.98 Å². The third kappa shape index (κ3) is 5.33. The molecule has 9 heteroatoms. The molecule has 2 heterocycles. The number of hydrogen-bond acceptors (Lipinski definition) is 6.